The van der Waals surface area contributed by atoms with Gasteiger partial charge in [0.15, 0.2) is 0 Å². The summed E-state index contributed by atoms with van der Waals surface area (Å²) in [6, 6.07) is 10.9. The molecule has 3 aromatic rings. The van der Waals surface area contributed by atoms with E-state index in [1.165, 1.54) is 36.7 Å². The fraction of sp³-hybridized carbons (Fsp3) is 0.136. The molecule has 0 spiro atoms. The predicted molar refractivity (Wildman–Crippen MR) is 111 cm³/mol. The van der Waals surface area contributed by atoms with E-state index in [1.807, 2.05) is 13.0 Å². The summed E-state index contributed by atoms with van der Waals surface area (Å²) in [6.45, 7) is 3.58. The standard InChI is InChI=1S/C22H17FN2O4S/c1-12-13(2)30-21(19(12)22(27)28-3)25-20(26)15(11-24)10-17-8-9-18(29-17)14-4-6-16(23)7-5-14/h4-10H,1-3H3,(H,25,26). The van der Waals surface area contributed by atoms with Gasteiger partial charge in [0.05, 0.1) is 12.7 Å². The van der Waals surface area contributed by atoms with Gasteiger partial charge in [-0.3, -0.25) is 4.79 Å². The van der Waals surface area contributed by atoms with Gasteiger partial charge in [-0.1, -0.05) is 0 Å². The number of methoxy groups -OCH3 is 1. The summed E-state index contributed by atoms with van der Waals surface area (Å²) in [5.41, 5.74) is 1.43. The first-order chi connectivity index (χ1) is 14.3. The van der Waals surface area contributed by atoms with Crippen LogP contribution in [0, 0.1) is 31.0 Å². The lowest BCUT2D eigenvalue weighted by Gasteiger charge is -2.05. The van der Waals surface area contributed by atoms with Crippen molar-refractivity contribution in [2.24, 2.45) is 0 Å². The third-order valence-electron chi connectivity index (χ3n) is 4.41. The minimum atomic E-state index is -0.677. The number of thiophene rings is 1. The smallest absolute Gasteiger partial charge is 0.341 e. The lowest BCUT2D eigenvalue weighted by atomic mass is 10.1. The number of rotatable bonds is 5. The number of aryl methyl sites for hydroxylation is 1. The lowest BCUT2D eigenvalue weighted by molar-refractivity contribution is -0.112. The van der Waals surface area contributed by atoms with E-state index in [2.05, 4.69) is 5.32 Å². The molecule has 2 aromatic heterocycles. The highest BCUT2D eigenvalue weighted by Crippen LogP contribution is 2.33. The van der Waals surface area contributed by atoms with Crippen LogP contribution in [0.25, 0.3) is 17.4 Å². The molecule has 0 unspecified atom stereocenters. The average molecular weight is 424 g/mol. The minimum Gasteiger partial charge on any atom is -0.465 e. The average Bonchev–Trinajstić information content (AvgIpc) is 3.30. The Hall–Kier alpha value is -3.70. The molecule has 1 N–H and O–H groups in total. The van der Waals surface area contributed by atoms with E-state index in [-0.39, 0.29) is 22.7 Å². The lowest BCUT2D eigenvalue weighted by Crippen LogP contribution is -2.15. The van der Waals surface area contributed by atoms with Crippen molar-refractivity contribution in [2.75, 3.05) is 12.4 Å². The molecule has 0 aliphatic carbocycles. The van der Waals surface area contributed by atoms with E-state index in [4.69, 9.17) is 9.15 Å². The highest BCUT2D eigenvalue weighted by atomic mass is 32.1. The SMILES string of the molecule is COC(=O)c1c(NC(=O)C(C#N)=Cc2ccc(-c3ccc(F)cc3)o2)sc(C)c1C. The van der Waals surface area contributed by atoms with Crippen molar-refractivity contribution in [3.8, 4) is 17.4 Å². The molecule has 30 heavy (non-hydrogen) atoms. The number of halogens is 1. The monoisotopic (exact) mass is 424 g/mol. The van der Waals surface area contributed by atoms with Gasteiger partial charge in [0, 0.05) is 16.5 Å². The number of nitrogens with zero attached hydrogens (tertiary/aromatic N) is 1. The molecule has 0 bridgehead atoms. The molecule has 0 radical (unpaired) electrons. The van der Waals surface area contributed by atoms with Crippen LogP contribution in [0.3, 0.4) is 0 Å². The van der Waals surface area contributed by atoms with Crippen LogP contribution in [0.5, 0.6) is 0 Å². The second-order valence-corrected chi connectivity index (χ2v) is 7.54. The van der Waals surface area contributed by atoms with Crippen molar-refractivity contribution < 1.29 is 23.1 Å². The largest absolute Gasteiger partial charge is 0.465 e. The van der Waals surface area contributed by atoms with E-state index < -0.39 is 11.9 Å². The molecule has 152 valence electrons. The maximum atomic E-state index is 13.1. The number of nitrogens with one attached hydrogen (secondary N) is 1. The van der Waals surface area contributed by atoms with Gasteiger partial charge in [0.25, 0.3) is 5.91 Å². The summed E-state index contributed by atoms with van der Waals surface area (Å²) in [6.07, 6.45) is 1.30. The van der Waals surface area contributed by atoms with E-state index >= 15 is 0 Å². The third kappa shape index (κ3) is 4.31. The minimum absolute atomic E-state index is 0.200. The van der Waals surface area contributed by atoms with Crippen molar-refractivity contribution in [1.29, 1.82) is 5.26 Å². The Balaban J connectivity index is 1.85. The summed E-state index contributed by atoms with van der Waals surface area (Å²) in [7, 11) is 1.26. The fourth-order valence-corrected chi connectivity index (χ4v) is 3.77. The topological polar surface area (TPSA) is 92.3 Å². The first kappa shape index (κ1) is 21.0. The van der Waals surface area contributed by atoms with Gasteiger partial charge in [-0.05, 0) is 55.8 Å². The van der Waals surface area contributed by atoms with Crippen LogP contribution in [-0.2, 0) is 9.53 Å². The van der Waals surface area contributed by atoms with Crippen LogP contribution in [-0.4, -0.2) is 19.0 Å². The zero-order chi connectivity index (χ0) is 21.8. The van der Waals surface area contributed by atoms with Crippen LogP contribution in [0.4, 0.5) is 9.39 Å². The highest BCUT2D eigenvalue weighted by molar-refractivity contribution is 7.16. The Morgan fingerprint density at radius 2 is 1.90 bits per heavy atom. The van der Waals surface area contributed by atoms with Crippen LogP contribution in [0.15, 0.2) is 46.4 Å². The van der Waals surface area contributed by atoms with E-state index in [0.29, 0.717) is 21.9 Å². The summed E-state index contributed by atoms with van der Waals surface area (Å²) in [5, 5.41) is 12.3. The quantitative estimate of drug-likeness (QED) is 0.350. The molecule has 3 rings (SSSR count). The van der Waals surface area contributed by atoms with Crippen molar-refractivity contribution in [3.05, 3.63) is 69.6 Å². The van der Waals surface area contributed by atoms with E-state index in [0.717, 1.165) is 4.88 Å². The zero-order valence-corrected chi connectivity index (χ0v) is 17.2. The van der Waals surface area contributed by atoms with Gasteiger partial charge in [-0.15, -0.1) is 11.3 Å². The summed E-state index contributed by atoms with van der Waals surface area (Å²) in [4.78, 5) is 25.5. The normalized spacial score (nSPS) is 11.1. The number of amides is 1. The van der Waals surface area contributed by atoms with Gasteiger partial charge in [0.2, 0.25) is 0 Å². The second kappa shape index (κ2) is 8.76. The highest BCUT2D eigenvalue weighted by Gasteiger charge is 2.22. The van der Waals surface area contributed by atoms with Crippen LogP contribution in [0.2, 0.25) is 0 Å². The maximum Gasteiger partial charge on any atom is 0.341 e. The molecule has 0 saturated carbocycles. The molecular weight excluding hydrogens is 407 g/mol. The summed E-state index contributed by atoms with van der Waals surface area (Å²) in [5.74, 6) is -0.850. The molecular formula is C22H17FN2O4S. The Bertz CT molecular complexity index is 1180. The molecule has 0 fully saturated rings. The summed E-state index contributed by atoms with van der Waals surface area (Å²) < 4.78 is 23.5. The van der Waals surface area contributed by atoms with Gasteiger partial charge in [0.1, 0.15) is 34.0 Å². The summed E-state index contributed by atoms with van der Waals surface area (Å²) >= 11 is 1.23. The number of carbonyl (C=O) groups excluding carboxylic acids is 2. The first-order valence-electron chi connectivity index (χ1n) is 8.81. The maximum absolute atomic E-state index is 13.1. The Morgan fingerprint density at radius 3 is 2.53 bits per heavy atom. The number of benzene rings is 1. The first-order valence-corrected chi connectivity index (χ1v) is 9.63. The van der Waals surface area contributed by atoms with Crippen molar-refractivity contribution >= 4 is 34.3 Å². The molecule has 0 aliphatic rings. The van der Waals surface area contributed by atoms with Gasteiger partial charge >= 0.3 is 5.97 Å². The number of esters is 1. The van der Waals surface area contributed by atoms with Crippen LogP contribution >= 0.6 is 11.3 Å². The van der Waals surface area contributed by atoms with Crippen molar-refractivity contribution in [2.45, 2.75) is 13.8 Å². The number of nitriles is 1. The van der Waals surface area contributed by atoms with Gasteiger partial charge < -0.3 is 14.5 Å². The van der Waals surface area contributed by atoms with E-state index in [1.54, 1.807) is 31.2 Å². The third-order valence-corrected chi connectivity index (χ3v) is 5.53. The number of hydrogen-bond donors (Lipinski definition) is 1. The molecule has 0 saturated heterocycles. The van der Waals surface area contributed by atoms with Crippen LogP contribution in [0.1, 0.15) is 26.6 Å². The Morgan fingerprint density at radius 1 is 1.20 bits per heavy atom. The molecule has 1 amide bonds. The molecule has 1 aromatic carbocycles. The Labute approximate surface area is 176 Å². The number of ether oxygens (including phenoxy) is 1. The fourth-order valence-electron chi connectivity index (χ4n) is 2.72. The zero-order valence-electron chi connectivity index (χ0n) is 16.4. The molecule has 6 nitrogen and oxygen atoms in total. The molecule has 0 atom stereocenters. The molecule has 2 heterocycles. The number of carbonyl (C=O) groups is 2. The van der Waals surface area contributed by atoms with Crippen molar-refractivity contribution in [1.82, 2.24) is 0 Å². The van der Waals surface area contributed by atoms with Crippen molar-refractivity contribution in [3.63, 3.8) is 0 Å². The Kier molecular flexibility index (Phi) is 6.14. The van der Waals surface area contributed by atoms with Crippen LogP contribution < -0.4 is 5.32 Å². The van der Waals surface area contributed by atoms with Gasteiger partial charge in [-0.25, -0.2) is 9.18 Å². The number of hydrogen-bond acceptors (Lipinski definition) is 6. The molecule has 8 heteroatoms. The second-order valence-electron chi connectivity index (χ2n) is 6.31. The number of anilines is 1. The molecule has 0 aliphatic heterocycles. The number of furan rings is 1. The van der Waals surface area contributed by atoms with Gasteiger partial charge in [-0.2, -0.15) is 5.26 Å². The predicted octanol–water partition coefficient (Wildman–Crippen LogP) is 5.10. The van der Waals surface area contributed by atoms with E-state index in [9.17, 15) is 19.2 Å².